The Bertz CT molecular complexity index is 680. The number of benzene rings is 1. The topological polar surface area (TPSA) is 102 Å². The van der Waals surface area contributed by atoms with Crippen LogP contribution in [0.5, 0.6) is 0 Å². The molecular weight excluding hydrogens is 302 g/mol. The predicted molar refractivity (Wildman–Crippen MR) is 78.8 cm³/mol. The number of carbonyl (C=O) groups excluding carboxylic acids is 2. The molecule has 1 aromatic carbocycles. The third kappa shape index (κ3) is 2.70. The molecule has 0 aliphatic carbocycles. The molecular formula is C16H15NO6. The molecule has 0 radical (unpaired) electrons. The maximum atomic E-state index is 12.4. The van der Waals surface area contributed by atoms with Crippen LogP contribution in [-0.2, 0) is 19.1 Å². The number of methoxy groups -OCH3 is 1. The number of rotatable bonds is 4. The van der Waals surface area contributed by atoms with Crippen LogP contribution in [0.1, 0.15) is 10.4 Å². The van der Waals surface area contributed by atoms with Gasteiger partial charge in [0, 0.05) is 5.69 Å². The van der Waals surface area contributed by atoms with Crippen LogP contribution in [0.2, 0.25) is 0 Å². The molecule has 4 atom stereocenters. The van der Waals surface area contributed by atoms with Crippen molar-refractivity contribution in [3.63, 3.8) is 0 Å². The predicted octanol–water partition coefficient (Wildman–Crippen LogP) is 1.07. The maximum Gasteiger partial charge on any atom is 0.337 e. The van der Waals surface area contributed by atoms with Gasteiger partial charge in [0.25, 0.3) is 0 Å². The van der Waals surface area contributed by atoms with Gasteiger partial charge in [-0.1, -0.05) is 12.2 Å². The number of carboxylic acids is 1. The van der Waals surface area contributed by atoms with Gasteiger partial charge in [-0.15, -0.1) is 0 Å². The number of hydrogen-bond acceptors (Lipinski definition) is 5. The third-order valence-corrected chi connectivity index (χ3v) is 4.06. The van der Waals surface area contributed by atoms with E-state index in [2.05, 4.69) is 10.1 Å². The normalized spacial score (nSPS) is 27.7. The van der Waals surface area contributed by atoms with Gasteiger partial charge < -0.3 is 19.9 Å². The van der Waals surface area contributed by atoms with E-state index in [-0.39, 0.29) is 0 Å². The zero-order chi connectivity index (χ0) is 16.6. The summed E-state index contributed by atoms with van der Waals surface area (Å²) in [5, 5.41) is 12.0. The van der Waals surface area contributed by atoms with Crippen LogP contribution in [0, 0.1) is 11.8 Å². The molecule has 3 rings (SSSR count). The quantitative estimate of drug-likeness (QED) is 0.636. The summed E-state index contributed by atoms with van der Waals surface area (Å²) in [5.41, 5.74) is 0.832. The number of nitrogens with one attached hydrogen (secondary N) is 1. The molecule has 2 aliphatic heterocycles. The van der Waals surface area contributed by atoms with Crippen molar-refractivity contribution in [2.45, 2.75) is 12.2 Å². The Hall–Kier alpha value is -2.67. The lowest BCUT2D eigenvalue weighted by Crippen LogP contribution is -2.39. The minimum absolute atomic E-state index is 0.361. The molecule has 1 saturated heterocycles. The molecule has 0 saturated carbocycles. The number of carbonyl (C=O) groups is 3. The Kier molecular flexibility index (Phi) is 3.87. The summed E-state index contributed by atoms with van der Waals surface area (Å²) in [6, 6.07) is 6.16. The van der Waals surface area contributed by atoms with E-state index in [1.54, 1.807) is 24.3 Å². The fourth-order valence-electron chi connectivity index (χ4n) is 2.95. The second-order valence-corrected chi connectivity index (χ2v) is 5.40. The van der Waals surface area contributed by atoms with E-state index in [4.69, 9.17) is 4.74 Å². The molecule has 0 spiro atoms. The zero-order valence-corrected chi connectivity index (χ0v) is 12.3. The first-order valence-corrected chi connectivity index (χ1v) is 7.07. The third-order valence-electron chi connectivity index (χ3n) is 4.06. The van der Waals surface area contributed by atoms with E-state index in [9.17, 15) is 19.5 Å². The molecule has 2 N–H and O–H groups in total. The van der Waals surface area contributed by atoms with Gasteiger partial charge in [0.15, 0.2) is 0 Å². The molecule has 2 bridgehead atoms. The number of aliphatic carboxylic acids is 1. The first-order chi connectivity index (χ1) is 11.0. The van der Waals surface area contributed by atoms with Gasteiger partial charge in [-0.05, 0) is 24.3 Å². The van der Waals surface area contributed by atoms with E-state index >= 15 is 0 Å². The summed E-state index contributed by atoms with van der Waals surface area (Å²) in [5.74, 6) is -3.61. The van der Waals surface area contributed by atoms with E-state index in [0.717, 1.165) is 0 Å². The van der Waals surface area contributed by atoms with Crippen LogP contribution in [0.15, 0.2) is 36.4 Å². The number of fused-ring (bicyclic) bond motifs is 2. The van der Waals surface area contributed by atoms with Crippen molar-refractivity contribution >= 4 is 23.5 Å². The SMILES string of the molecule is COC(=O)c1ccc(NC(=O)[C@H]2[C@@H](C(=O)O)[C@H]3C=C[C@@H]2O3)cc1. The summed E-state index contributed by atoms with van der Waals surface area (Å²) in [6.07, 6.45) is 2.32. The Morgan fingerprint density at radius 1 is 1.09 bits per heavy atom. The van der Waals surface area contributed by atoms with E-state index < -0.39 is 41.9 Å². The van der Waals surface area contributed by atoms with Gasteiger partial charge in [-0.3, -0.25) is 9.59 Å². The summed E-state index contributed by atoms with van der Waals surface area (Å²) in [7, 11) is 1.28. The van der Waals surface area contributed by atoms with Crippen molar-refractivity contribution in [3.8, 4) is 0 Å². The van der Waals surface area contributed by atoms with E-state index in [1.165, 1.54) is 19.2 Å². The van der Waals surface area contributed by atoms with Gasteiger partial charge >= 0.3 is 11.9 Å². The van der Waals surface area contributed by atoms with Crippen molar-refractivity contribution in [2.75, 3.05) is 12.4 Å². The van der Waals surface area contributed by atoms with Crippen LogP contribution in [0.25, 0.3) is 0 Å². The number of hydrogen-bond donors (Lipinski definition) is 2. The summed E-state index contributed by atoms with van der Waals surface area (Å²) in [6.45, 7) is 0. The van der Waals surface area contributed by atoms with Gasteiger partial charge in [-0.2, -0.15) is 0 Å². The molecule has 2 heterocycles. The Labute approximate surface area is 131 Å². The number of amides is 1. The Balaban J connectivity index is 1.73. The minimum atomic E-state index is -1.05. The van der Waals surface area contributed by atoms with E-state index in [0.29, 0.717) is 11.3 Å². The zero-order valence-electron chi connectivity index (χ0n) is 12.3. The highest BCUT2D eigenvalue weighted by Gasteiger charge is 2.53. The fourth-order valence-corrected chi connectivity index (χ4v) is 2.95. The molecule has 1 aromatic rings. The molecule has 7 nitrogen and oxygen atoms in total. The maximum absolute atomic E-state index is 12.4. The van der Waals surface area contributed by atoms with Crippen LogP contribution < -0.4 is 5.32 Å². The van der Waals surface area contributed by atoms with Gasteiger partial charge in [-0.25, -0.2) is 4.79 Å². The fraction of sp³-hybridized carbons (Fsp3) is 0.312. The smallest absolute Gasteiger partial charge is 0.337 e. The molecule has 7 heteroatoms. The highest BCUT2D eigenvalue weighted by Crippen LogP contribution is 2.39. The van der Waals surface area contributed by atoms with Gasteiger partial charge in [0.05, 0.1) is 30.8 Å². The standard InChI is InChI=1S/C16H15NO6/c1-22-16(21)8-2-4-9(5-3-8)17-14(18)12-10-6-7-11(23-10)13(12)15(19)20/h2-7,10-13H,1H3,(H,17,18)(H,19,20)/t10-,11+,12+,13-/m0/s1. The Morgan fingerprint density at radius 2 is 1.70 bits per heavy atom. The van der Waals surface area contributed by atoms with Crippen molar-refractivity contribution in [2.24, 2.45) is 11.8 Å². The second-order valence-electron chi connectivity index (χ2n) is 5.40. The second kappa shape index (κ2) is 5.85. The van der Waals surface area contributed by atoms with Crippen LogP contribution in [0.3, 0.4) is 0 Å². The minimum Gasteiger partial charge on any atom is -0.481 e. The molecule has 0 aromatic heterocycles. The van der Waals surface area contributed by atoms with Crippen molar-refractivity contribution in [1.82, 2.24) is 0 Å². The first kappa shape index (κ1) is 15.2. The van der Waals surface area contributed by atoms with Gasteiger partial charge in [0.2, 0.25) is 5.91 Å². The van der Waals surface area contributed by atoms with Crippen molar-refractivity contribution in [3.05, 3.63) is 42.0 Å². The van der Waals surface area contributed by atoms with E-state index in [1.807, 2.05) is 0 Å². The van der Waals surface area contributed by atoms with Crippen LogP contribution in [-0.4, -0.2) is 42.3 Å². The van der Waals surface area contributed by atoms with Crippen LogP contribution in [0.4, 0.5) is 5.69 Å². The lowest BCUT2D eigenvalue weighted by atomic mass is 9.82. The first-order valence-electron chi connectivity index (χ1n) is 7.07. The highest BCUT2D eigenvalue weighted by atomic mass is 16.5. The van der Waals surface area contributed by atoms with Gasteiger partial charge in [0.1, 0.15) is 5.92 Å². The molecule has 120 valence electrons. The van der Waals surface area contributed by atoms with Crippen LogP contribution >= 0.6 is 0 Å². The molecule has 1 amide bonds. The summed E-state index contributed by atoms with van der Waals surface area (Å²) >= 11 is 0. The lowest BCUT2D eigenvalue weighted by molar-refractivity contribution is -0.145. The average molecular weight is 317 g/mol. The largest absolute Gasteiger partial charge is 0.481 e. The van der Waals surface area contributed by atoms with Crippen molar-refractivity contribution < 1.29 is 29.0 Å². The molecule has 0 unspecified atom stereocenters. The highest BCUT2D eigenvalue weighted by molar-refractivity contribution is 5.97. The summed E-state index contributed by atoms with van der Waals surface area (Å²) < 4.78 is 10.1. The number of carboxylic acid groups (broad SMARTS) is 1. The lowest BCUT2D eigenvalue weighted by Gasteiger charge is -2.21. The molecule has 2 aliphatic rings. The number of ether oxygens (including phenoxy) is 2. The van der Waals surface area contributed by atoms with Crippen molar-refractivity contribution in [1.29, 1.82) is 0 Å². The average Bonchev–Trinajstić information content (AvgIpc) is 3.15. The number of esters is 1. The molecule has 1 fully saturated rings. The summed E-state index contributed by atoms with van der Waals surface area (Å²) in [4.78, 5) is 35.1. The Morgan fingerprint density at radius 3 is 2.26 bits per heavy atom. The number of anilines is 1. The molecule has 23 heavy (non-hydrogen) atoms. The monoisotopic (exact) mass is 317 g/mol.